The summed E-state index contributed by atoms with van der Waals surface area (Å²) in [5, 5.41) is 7.96. The predicted molar refractivity (Wildman–Crippen MR) is 108 cm³/mol. The first-order valence-corrected chi connectivity index (χ1v) is 10.4. The summed E-state index contributed by atoms with van der Waals surface area (Å²) in [7, 11) is 0. The molecule has 156 valence electrons. The van der Waals surface area contributed by atoms with Crippen LogP contribution in [-0.4, -0.2) is 57.3 Å². The molecule has 1 aliphatic heterocycles. The number of aryl methyl sites for hydroxylation is 1. The zero-order valence-electron chi connectivity index (χ0n) is 17.0. The highest BCUT2D eigenvalue weighted by Crippen LogP contribution is 2.33. The van der Waals surface area contributed by atoms with Gasteiger partial charge in [-0.15, -0.1) is 0 Å². The van der Waals surface area contributed by atoms with Gasteiger partial charge in [-0.05, 0) is 31.9 Å². The number of carbonyl (C=O) groups excluding carboxylic acids is 1. The monoisotopic (exact) mass is 408 g/mol. The van der Waals surface area contributed by atoms with E-state index in [0.29, 0.717) is 49.4 Å². The number of piperazine rings is 1. The van der Waals surface area contributed by atoms with E-state index >= 15 is 0 Å². The molecular weight excluding hydrogens is 384 g/mol. The Labute approximate surface area is 174 Å². The van der Waals surface area contributed by atoms with Crippen molar-refractivity contribution in [1.82, 2.24) is 25.2 Å². The van der Waals surface area contributed by atoms with Crippen LogP contribution in [0.1, 0.15) is 53.7 Å². The Kier molecular flexibility index (Phi) is 4.94. The quantitative estimate of drug-likeness (QED) is 0.649. The second-order valence-corrected chi connectivity index (χ2v) is 7.94. The molecule has 5 rings (SSSR count). The molecule has 0 radical (unpaired) electrons. The maximum absolute atomic E-state index is 12.5. The molecule has 1 amide bonds. The molecule has 1 saturated heterocycles. The van der Waals surface area contributed by atoms with Gasteiger partial charge in [-0.25, -0.2) is 4.98 Å². The van der Waals surface area contributed by atoms with Gasteiger partial charge < -0.3 is 18.8 Å². The first-order chi connectivity index (χ1) is 14.7. The summed E-state index contributed by atoms with van der Waals surface area (Å²) < 4.78 is 10.5. The lowest BCUT2D eigenvalue weighted by Crippen LogP contribution is -2.49. The molecule has 9 heteroatoms. The number of hydrogen-bond acceptors (Lipinski definition) is 8. The molecule has 3 aromatic rings. The number of pyridine rings is 1. The Morgan fingerprint density at radius 2 is 1.87 bits per heavy atom. The molecule has 30 heavy (non-hydrogen) atoms. The molecule has 0 aromatic carbocycles. The molecule has 0 atom stereocenters. The summed E-state index contributed by atoms with van der Waals surface area (Å²) in [5.74, 6) is 3.16. The van der Waals surface area contributed by atoms with E-state index in [1.165, 1.54) is 12.8 Å². The SMILES string of the molecule is Cc1cc(C(=O)N2CCN(c3ccc(-c4noc(C5CCCC5)n4)cn3)CC2)no1. The Balaban J connectivity index is 1.21. The molecule has 3 aromatic heterocycles. The number of aromatic nitrogens is 4. The van der Waals surface area contributed by atoms with Crippen LogP contribution in [0.2, 0.25) is 0 Å². The Bertz CT molecular complexity index is 1010. The van der Waals surface area contributed by atoms with Gasteiger partial charge in [0.15, 0.2) is 5.69 Å². The molecule has 0 spiro atoms. The third-order valence-electron chi connectivity index (χ3n) is 5.89. The van der Waals surface area contributed by atoms with E-state index in [2.05, 4.69) is 25.2 Å². The van der Waals surface area contributed by atoms with Crippen molar-refractivity contribution in [3.63, 3.8) is 0 Å². The van der Waals surface area contributed by atoms with E-state index in [-0.39, 0.29) is 5.91 Å². The Morgan fingerprint density at radius 1 is 1.07 bits per heavy atom. The molecule has 0 bridgehead atoms. The van der Waals surface area contributed by atoms with E-state index < -0.39 is 0 Å². The molecule has 4 heterocycles. The van der Waals surface area contributed by atoms with E-state index in [4.69, 9.17) is 9.05 Å². The molecule has 0 unspecified atom stereocenters. The standard InChI is InChI=1S/C21H24N6O3/c1-14-12-17(24-29-14)21(28)27-10-8-26(9-11-27)18-7-6-16(13-22-18)19-23-20(30-25-19)15-4-2-3-5-15/h6-7,12-13,15H,2-5,8-11H2,1H3. The van der Waals surface area contributed by atoms with Gasteiger partial charge in [-0.1, -0.05) is 23.2 Å². The van der Waals surface area contributed by atoms with Crippen molar-refractivity contribution in [1.29, 1.82) is 0 Å². The molecule has 9 nitrogen and oxygen atoms in total. The predicted octanol–water partition coefficient (Wildman–Crippen LogP) is 3.05. The average molecular weight is 408 g/mol. The minimum atomic E-state index is -0.0926. The number of anilines is 1. The Morgan fingerprint density at radius 3 is 2.53 bits per heavy atom. The van der Waals surface area contributed by atoms with Gasteiger partial charge in [0.1, 0.15) is 11.6 Å². The highest BCUT2D eigenvalue weighted by Gasteiger charge is 2.26. The van der Waals surface area contributed by atoms with Crippen LogP contribution in [0, 0.1) is 6.92 Å². The second kappa shape index (κ2) is 7.89. The van der Waals surface area contributed by atoms with E-state index in [9.17, 15) is 4.79 Å². The minimum Gasteiger partial charge on any atom is -0.361 e. The van der Waals surface area contributed by atoms with E-state index in [0.717, 1.165) is 30.1 Å². The van der Waals surface area contributed by atoms with Gasteiger partial charge in [0.2, 0.25) is 11.7 Å². The van der Waals surface area contributed by atoms with E-state index in [1.54, 1.807) is 24.1 Å². The van der Waals surface area contributed by atoms with Crippen LogP contribution >= 0.6 is 0 Å². The highest BCUT2D eigenvalue weighted by molar-refractivity contribution is 5.92. The number of rotatable bonds is 4. The summed E-state index contributed by atoms with van der Waals surface area (Å²) in [6, 6.07) is 5.62. The van der Waals surface area contributed by atoms with Crippen molar-refractivity contribution in [2.45, 2.75) is 38.5 Å². The highest BCUT2D eigenvalue weighted by atomic mass is 16.5. The lowest BCUT2D eigenvalue weighted by atomic mass is 10.1. The zero-order chi connectivity index (χ0) is 20.5. The van der Waals surface area contributed by atoms with Crippen LogP contribution in [-0.2, 0) is 0 Å². The molecular formula is C21H24N6O3. The molecule has 2 fully saturated rings. The van der Waals surface area contributed by atoms with E-state index in [1.807, 2.05) is 12.1 Å². The zero-order valence-corrected chi connectivity index (χ0v) is 17.0. The van der Waals surface area contributed by atoms with Gasteiger partial charge in [0, 0.05) is 49.9 Å². The Hall–Kier alpha value is -3.23. The van der Waals surface area contributed by atoms with Crippen LogP contribution < -0.4 is 4.90 Å². The first kappa shape index (κ1) is 18.8. The van der Waals surface area contributed by atoms with Crippen molar-refractivity contribution in [2.24, 2.45) is 0 Å². The summed E-state index contributed by atoms with van der Waals surface area (Å²) >= 11 is 0. The van der Waals surface area contributed by atoms with Crippen LogP contribution in [0.3, 0.4) is 0 Å². The van der Waals surface area contributed by atoms with Crippen LogP contribution in [0.5, 0.6) is 0 Å². The molecule has 0 N–H and O–H groups in total. The fraction of sp³-hybridized carbons (Fsp3) is 0.476. The topological polar surface area (TPSA) is 101 Å². The number of hydrogen-bond donors (Lipinski definition) is 0. The second-order valence-electron chi connectivity index (χ2n) is 7.94. The van der Waals surface area contributed by atoms with Crippen LogP contribution in [0.25, 0.3) is 11.4 Å². The van der Waals surface area contributed by atoms with Gasteiger partial charge in [0.25, 0.3) is 5.91 Å². The van der Waals surface area contributed by atoms with Crippen molar-refractivity contribution < 1.29 is 13.8 Å². The lowest BCUT2D eigenvalue weighted by Gasteiger charge is -2.35. The van der Waals surface area contributed by atoms with Crippen molar-refractivity contribution in [3.05, 3.63) is 41.7 Å². The first-order valence-electron chi connectivity index (χ1n) is 10.4. The number of nitrogens with zero attached hydrogens (tertiary/aromatic N) is 6. The molecule has 2 aliphatic rings. The smallest absolute Gasteiger partial charge is 0.276 e. The van der Waals surface area contributed by atoms with Crippen molar-refractivity contribution >= 4 is 11.7 Å². The summed E-state index contributed by atoms with van der Waals surface area (Å²) in [6.45, 7) is 4.43. The average Bonchev–Trinajstić information content (AvgIpc) is 3.55. The maximum atomic E-state index is 12.5. The summed E-state index contributed by atoms with van der Waals surface area (Å²) in [6.07, 6.45) is 6.51. The van der Waals surface area contributed by atoms with Crippen molar-refractivity contribution in [3.8, 4) is 11.4 Å². The molecule has 1 saturated carbocycles. The lowest BCUT2D eigenvalue weighted by molar-refractivity contribution is 0.0736. The molecule has 1 aliphatic carbocycles. The third kappa shape index (κ3) is 3.67. The van der Waals surface area contributed by atoms with Crippen molar-refractivity contribution in [2.75, 3.05) is 31.1 Å². The largest absolute Gasteiger partial charge is 0.361 e. The third-order valence-corrected chi connectivity index (χ3v) is 5.89. The van der Waals surface area contributed by atoms with Crippen LogP contribution in [0.15, 0.2) is 33.4 Å². The normalized spacial score (nSPS) is 17.6. The number of carbonyl (C=O) groups is 1. The minimum absolute atomic E-state index is 0.0926. The fourth-order valence-corrected chi connectivity index (χ4v) is 4.16. The van der Waals surface area contributed by atoms with Gasteiger partial charge in [-0.3, -0.25) is 4.79 Å². The van der Waals surface area contributed by atoms with Gasteiger partial charge >= 0.3 is 0 Å². The van der Waals surface area contributed by atoms with Gasteiger partial charge in [-0.2, -0.15) is 4.98 Å². The number of amides is 1. The maximum Gasteiger partial charge on any atom is 0.276 e. The summed E-state index contributed by atoms with van der Waals surface area (Å²) in [4.78, 5) is 25.6. The van der Waals surface area contributed by atoms with Crippen LogP contribution in [0.4, 0.5) is 5.82 Å². The fourth-order valence-electron chi connectivity index (χ4n) is 4.16. The summed E-state index contributed by atoms with van der Waals surface area (Å²) in [5.41, 5.74) is 1.21. The van der Waals surface area contributed by atoms with Gasteiger partial charge in [0.05, 0.1) is 0 Å².